The van der Waals surface area contributed by atoms with Gasteiger partial charge in [-0.2, -0.15) is 0 Å². The number of H-pyrrole nitrogens is 2. The van der Waals surface area contributed by atoms with Crippen LogP contribution in [0.15, 0.2) is 18.2 Å². The molecule has 61 heavy (non-hydrogen) atoms. The van der Waals surface area contributed by atoms with Gasteiger partial charge in [-0.1, -0.05) is 13.8 Å². The van der Waals surface area contributed by atoms with Gasteiger partial charge in [-0.05, 0) is 114 Å². The average Bonchev–Trinajstić information content (AvgIpc) is 3.95. The summed E-state index contributed by atoms with van der Waals surface area (Å²) in [6, 6.07) is 6.39. The maximum Gasteiger partial charge on any atom is 0.407 e. The van der Waals surface area contributed by atoms with Crippen LogP contribution in [0.25, 0.3) is 33.7 Å². The van der Waals surface area contributed by atoms with Crippen molar-refractivity contribution in [2.75, 3.05) is 79.7 Å². The zero-order chi connectivity index (χ0) is 43.9. The summed E-state index contributed by atoms with van der Waals surface area (Å²) in [6.07, 6.45) is 6.55. The van der Waals surface area contributed by atoms with E-state index >= 15 is 0 Å². The fourth-order valence-corrected chi connectivity index (χ4v) is 9.00. The first-order chi connectivity index (χ1) is 29.5. The number of alkyl carbamates (subject to hydrolysis) is 1. The van der Waals surface area contributed by atoms with Gasteiger partial charge < -0.3 is 43.9 Å². The summed E-state index contributed by atoms with van der Waals surface area (Å²) >= 11 is 0. The molecule has 0 radical (unpaired) electrons. The van der Waals surface area contributed by atoms with Crippen molar-refractivity contribution in [3.05, 3.63) is 68.8 Å². The van der Waals surface area contributed by atoms with Crippen molar-refractivity contribution in [1.82, 2.24) is 30.2 Å². The van der Waals surface area contributed by atoms with Gasteiger partial charge in [0.15, 0.2) is 0 Å². The normalized spacial score (nSPS) is 15.2. The number of fused-ring (bicyclic) bond motifs is 8. The number of rotatable bonds is 23. The molecule has 2 amide bonds. The van der Waals surface area contributed by atoms with Crippen molar-refractivity contribution in [1.29, 1.82) is 0 Å². The summed E-state index contributed by atoms with van der Waals surface area (Å²) in [7, 11) is 6.46. The van der Waals surface area contributed by atoms with Crippen LogP contribution in [0.5, 0.6) is 0 Å². The topological polar surface area (TPSA) is 153 Å². The highest BCUT2D eigenvalue weighted by molar-refractivity contribution is 8.02. The number of nitrogens with one attached hydrogen (secondary N) is 3. The van der Waals surface area contributed by atoms with Gasteiger partial charge in [-0.3, -0.25) is 9.78 Å². The third-order valence-electron chi connectivity index (χ3n) is 11.7. The van der Waals surface area contributed by atoms with Crippen LogP contribution in [0.2, 0.25) is 0 Å². The van der Waals surface area contributed by atoms with Gasteiger partial charge >= 0.3 is 6.09 Å². The number of ether oxygens (including phenoxy) is 5. The number of carbonyl (C=O) groups excluding carboxylic acids is 2. The van der Waals surface area contributed by atoms with Crippen LogP contribution < -0.4 is 5.32 Å². The second kappa shape index (κ2) is 24.2. The summed E-state index contributed by atoms with van der Waals surface area (Å²) in [5.74, 6) is 0.0926. The van der Waals surface area contributed by atoms with Gasteiger partial charge in [-0.15, -0.1) is 0 Å². The Morgan fingerprint density at radius 3 is 2.26 bits per heavy atom. The fourth-order valence-electron chi connectivity index (χ4n) is 7.86. The Bertz CT molecular complexity index is 2150. The van der Waals surface area contributed by atoms with E-state index in [0.717, 1.165) is 107 Å². The Morgan fingerprint density at radius 2 is 1.52 bits per heavy atom. The predicted molar refractivity (Wildman–Crippen MR) is 252 cm³/mol. The molecule has 5 heterocycles. The Morgan fingerprint density at radius 1 is 0.852 bits per heavy atom. The second-order valence-corrected chi connectivity index (χ2v) is 18.4. The maximum atomic E-state index is 13.5. The van der Waals surface area contributed by atoms with Crippen molar-refractivity contribution in [3.8, 4) is 0 Å². The molecule has 13 nitrogen and oxygen atoms in total. The lowest BCUT2D eigenvalue weighted by molar-refractivity contribution is -0.130. The van der Waals surface area contributed by atoms with E-state index in [1.54, 1.807) is 12.0 Å². The summed E-state index contributed by atoms with van der Waals surface area (Å²) < 4.78 is 27.7. The Labute approximate surface area is 365 Å². The summed E-state index contributed by atoms with van der Waals surface area (Å²) in [5, 5.41) is 2.89. The van der Waals surface area contributed by atoms with Gasteiger partial charge in [0, 0.05) is 112 Å². The van der Waals surface area contributed by atoms with Crippen molar-refractivity contribution in [2.45, 2.75) is 92.1 Å². The molecule has 0 saturated heterocycles. The SMILES string of the molecule is CCc1c(C)c2cc3[nH]c(cc4nc(c(C)c5nc(cc1[nH]2)C(C)=C5)[C@@H](CCC(=O)N(C)CCOCCOCCOC)[C@@H]4C)c(C)c3COC(=O)NCCCOCCCP[PH3+]. The van der Waals surface area contributed by atoms with E-state index < -0.39 is 6.09 Å². The van der Waals surface area contributed by atoms with Crippen LogP contribution >= 0.6 is 17.2 Å². The molecule has 0 fully saturated rings. The van der Waals surface area contributed by atoms with E-state index in [0.29, 0.717) is 65.6 Å². The van der Waals surface area contributed by atoms with Crippen LogP contribution in [0.3, 0.4) is 0 Å². The second-order valence-electron chi connectivity index (χ2n) is 15.9. The molecule has 0 aliphatic carbocycles. The number of hydrogen-bond acceptors (Lipinski definition) is 9. The predicted octanol–water partition coefficient (Wildman–Crippen LogP) is 8.39. The molecule has 3 N–H and O–H groups in total. The molecule has 334 valence electrons. The first-order valence-electron chi connectivity index (χ1n) is 21.7. The van der Waals surface area contributed by atoms with Crippen LogP contribution in [0.4, 0.5) is 4.79 Å². The van der Waals surface area contributed by atoms with Gasteiger partial charge in [-0.25, -0.2) is 9.78 Å². The standard InChI is InChI=1S/C46H68N6O7P2/c1-9-34-30(3)40-27-43-36(28-59-46(54)47-14-10-16-56-17-11-23-61-60)32(5)39(50-43)26-41-31(4)35(12-13-44(53)52(7)15-18-57-21-22-58-20-19-55-8)45(51-41)33(6)38-24-29(2)37(48-38)25-42(34)49-40/h24-27,31,35,49-50,61H,9-23,28,60H2,1-8H3,(H,47,54)/p+1/t31-,35-/m0/s1. The zero-order valence-electron chi connectivity index (χ0n) is 37.7. The zero-order valence-corrected chi connectivity index (χ0v) is 40.1. The summed E-state index contributed by atoms with van der Waals surface area (Å²) in [4.78, 5) is 46.0. The van der Waals surface area contributed by atoms with Crippen molar-refractivity contribution in [3.63, 3.8) is 0 Å². The summed E-state index contributed by atoms with van der Waals surface area (Å²) in [6.45, 7) is 17.7. The molecule has 3 aromatic rings. The van der Waals surface area contributed by atoms with E-state index in [1.165, 1.54) is 11.7 Å². The third kappa shape index (κ3) is 13.2. The third-order valence-corrected chi connectivity index (χ3v) is 13.5. The van der Waals surface area contributed by atoms with Crippen molar-refractivity contribution < 1.29 is 33.3 Å². The van der Waals surface area contributed by atoms with E-state index in [2.05, 4.69) is 81.1 Å². The van der Waals surface area contributed by atoms with Crippen molar-refractivity contribution >= 4 is 62.9 Å². The molecule has 8 bridgehead atoms. The molecule has 5 rings (SSSR count). The van der Waals surface area contributed by atoms with Crippen molar-refractivity contribution in [2.24, 2.45) is 0 Å². The Balaban J connectivity index is 1.44. The number of amides is 2. The number of nitrogens with zero attached hydrogens (tertiary/aromatic N) is 3. The highest BCUT2D eigenvalue weighted by Crippen LogP contribution is 2.42. The van der Waals surface area contributed by atoms with E-state index in [4.69, 9.17) is 33.7 Å². The fraction of sp³-hybridized carbons (Fsp3) is 0.565. The highest BCUT2D eigenvalue weighted by atomic mass is 32.0. The van der Waals surface area contributed by atoms with E-state index in [1.807, 2.05) is 16.0 Å². The first-order valence-corrected chi connectivity index (χ1v) is 25.3. The summed E-state index contributed by atoms with van der Waals surface area (Å²) in [5.41, 5.74) is 13.8. The molecular weight excluding hydrogens is 810 g/mol. The molecule has 2 aliphatic rings. The molecule has 2 aliphatic heterocycles. The Kier molecular flexibility index (Phi) is 19.2. The lowest BCUT2D eigenvalue weighted by atomic mass is 9.85. The quantitative estimate of drug-likeness (QED) is 0.0630. The molecule has 4 atom stereocenters. The van der Waals surface area contributed by atoms with Gasteiger partial charge in [0.05, 0.1) is 44.4 Å². The van der Waals surface area contributed by atoms with E-state index in [-0.39, 0.29) is 24.3 Å². The largest absolute Gasteiger partial charge is 0.445 e. The van der Waals surface area contributed by atoms with Crippen LogP contribution in [0.1, 0.15) is 109 Å². The smallest absolute Gasteiger partial charge is 0.407 e. The number of likely N-dealkylation sites (N-methyl/N-ethyl adjacent to an activating group) is 1. The molecule has 3 aromatic heterocycles. The van der Waals surface area contributed by atoms with Gasteiger partial charge in [0.25, 0.3) is 0 Å². The molecule has 2 unspecified atom stereocenters. The van der Waals surface area contributed by atoms with Crippen LogP contribution in [0, 0.1) is 20.8 Å². The first kappa shape index (κ1) is 48.3. The molecule has 15 heteroatoms. The minimum Gasteiger partial charge on any atom is -0.445 e. The number of hydrogen-bond donors (Lipinski definition) is 3. The number of aromatic nitrogens is 4. The van der Waals surface area contributed by atoms with Gasteiger partial charge in [0.1, 0.15) is 6.61 Å². The Hall–Kier alpha value is -3.70. The number of allylic oxidation sites excluding steroid dienone is 1. The molecule has 0 saturated carbocycles. The lowest BCUT2D eigenvalue weighted by Crippen LogP contribution is -2.30. The van der Waals surface area contributed by atoms with Gasteiger partial charge in [0.2, 0.25) is 5.91 Å². The monoisotopic (exact) mass is 879 g/mol. The number of carbonyl (C=O) groups is 2. The lowest BCUT2D eigenvalue weighted by Gasteiger charge is -2.21. The number of aromatic amines is 2. The van der Waals surface area contributed by atoms with Crippen LogP contribution in [-0.2, 0) is 41.5 Å². The minimum atomic E-state index is -0.459. The molecule has 0 spiro atoms. The highest BCUT2D eigenvalue weighted by Gasteiger charge is 2.32. The molecular formula is C46H69N6O7P2+. The maximum absolute atomic E-state index is 13.5. The van der Waals surface area contributed by atoms with Crippen LogP contribution in [-0.4, -0.2) is 116 Å². The average molecular weight is 880 g/mol. The van der Waals surface area contributed by atoms with E-state index in [9.17, 15) is 9.59 Å². The minimum absolute atomic E-state index is 0.000668. The number of aryl methyl sites for hydroxylation is 3. The number of methoxy groups -OCH3 is 1. The molecule has 0 aromatic carbocycles.